The first-order chi connectivity index (χ1) is 11.6. The Morgan fingerprint density at radius 1 is 1.04 bits per heavy atom. The lowest BCUT2D eigenvalue weighted by Gasteiger charge is -2.08. The fourth-order valence-corrected chi connectivity index (χ4v) is 2.10. The van der Waals surface area contributed by atoms with Gasteiger partial charge in [-0.15, -0.1) is 0 Å². The Hall–Kier alpha value is -3.33. The molecular weight excluding hydrogens is 304 g/mol. The van der Waals surface area contributed by atoms with E-state index in [1.807, 2.05) is 12.1 Å². The number of aryl methyl sites for hydroxylation is 1. The van der Waals surface area contributed by atoms with Gasteiger partial charge in [0, 0.05) is 24.8 Å². The second-order valence-corrected chi connectivity index (χ2v) is 5.14. The molecule has 0 heterocycles. The van der Waals surface area contributed by atoms with Gasteiger partial charge in [-0.3, -0.25) is 4.79 Å². The van der Waals surface area contributed by atoms with Gasteiger partial charge < -0.3 is 16.0 Å². The molecule has 122 valence electrons. The van der Waals surface area contributed by atoms with E-state index in [-0.39, 0.29) is 11.9 Å². The first-order valence-corrected chi connectivity index (χ1v) is 7.48. The monoisotopic (exact) mass is 322 g/mol. The van der Waals surface area contributed by atoms with Crippen molar-refractivity contribution in [2.24, 2.45) is 0 Å². The molecule has 24 heavy (non-hydrogen) atoms. The van der Waals surface area contributed by atoms with E-state index in [4.69, 9.17) is 5.26 Å². The molecule has 3 amide bonds. The predicted octanol–water partition coefficient (Wildman–Crippen LogP) is 2.88. The number of benzene rings is 2. The summed E-state index contributed by atoms with van der Waals surface area (Å²) in [7, 11) is 1.53. The molecule has 0 saturated carbocycles. The lowest BCUT2D eigenvalue weighted by atomic mass is 10.1. The van der Waals surface area contributed by atoms with E-state index in [2.05, 4.69) is 22.0 Å². The summed E-state index contributed by atoms with van der Waals surface area (Å²) < 4.78 is 0. The van der Waals surface area contributed by atoms with Crippen molar-refractivity contribution in [2.45, 2.75) is 12.8 Å². The Morgan fingerprint density at radius 3 is 2.33 bits per heavy atom. The minimum Gasteiger partial charge on any atom is -0.341 e. The molecule has 2 aromatic rings. The summed E-state index contributed by atoms with van der Waals surface area (Å²) in [5.74, 6) is -0.114. The van der Waals surface area contributed by atoms with Crippen LogP contribution in [0.3, 0.4) is 0 Å². The van der Waals surface area contributed by atoms with Crippen LogP contribution >= 0.6 is 0 Å². The van der Waals surface area contributed by atoms with Crippen LogP contribution in [0.1, 0.15) is 17.5 Å². The Balaban J connectivity index is 1.88. The summed E-state index contributed by atoms with van der Waals surface area (Å²) in [4.78, 5) is 23.3. The van der Waals surface area contributed by atoms with Crippen LogP contribution in [0, 0.1) is 11.3 Å². The summed E-state index contributed by atoms with van der Waals surface area (Å²) in [5.41, 5.74) is 2.82. The highest BCUT2D eigenvalue weighted by atomic mass is 16.2. The van der Waals surface area contributed by atoms with Gasteiger partial charge in [0.2, 0.25) is 5.91 Å². The third-order valence-electron chi connectivity index (χ3n) is 3.36. The lowest BCUT2D eigenvalue weighted by Crippen LogP contribution is -2.24. The topological polar surface area (TPSA) is 94.0 Å². The van der Waals surface area contributed by atoms with Crippen molar-refractivity contribution in [1.82, 2.24) is 5.32 Å². The summed E-state index contributed by atoms with van der Waals surface area (Å²) >= 11 is 0. The number of nitrogens with zero attached hydrogens (tertiary/aromatic N) is 1. The van der Waals surface area contributed by atoms with Gasteiger partial charge in [0.1, 0.15) is 0 Å². The zero-order valence-corrected chi connectivity index (χ0v) is 13.3. The molecule has 0 radical (unpaired) electrons. The fourth-order valence-electron chi connectivity index (χ4n) is 2.10. The van der Waals surface area contributed by atoms with Crippen molar-refractivity contribution in [3.8, 4) is 6.07 Å². The summed E-state index contributed by atoms with van der Waals surface area (Å²) in [6, 6.07) is 15.8. The van der Waals surface area contributed by atoms with Crippen LogP contribution in [-0.4, -0.2) is 19.0 Å². The van der Waals surface area contributed by atoms with E-state index in [1.165, 1.54) is 7.05 Å². The third kappa shape index (κ3) is 5.14. The van der Waals surface area contributed by atoms with Gasteiger partial charge in [0.05, 0.1) is 11.6 Å². The molecular formula is C18H18N4O2. The molecule has 3 N–H and O–H groups in total. The molecule has 0 atom stereocenters. The Bertz CT molecular complexity index is 763. The molecule has 0 aliphatic carbocycles. The zero-order valence-electron chi connectivity index (χ0n) is 13.3. The number of amides is 3. The van der Waals surface area contributed by atoms with E-state index in [0.717, 1.165) is 5.56 Å². The van der Waals surface area contributed by atoms with Crippen LogP contribution < -0.4 is 16.0 Å². The SMILES string of the molecule is CNC(=O)Nc1cccc(NC(=O)CCc2ccc(C#N)cc2)c1. The lowest BCUT2D eigenvalue weighted by molar-refractivity contribution is -0.116. The third-order valence-corrected chi connectivity index (χ3v) is 3.36. The van der Waals surface area contributed by atoms with E-state index >= 15 is 0 Å². The van der Waals surface area contributed by atoms with E-state index in [0.29, 0.717) is 29.8 Å². The number of anilines is 2. The summed E-state index contributed by atoms with van der Waals surface area (Å²) in [5, 5.41) is 16.7. The maximum Gasteiger partial charge on any atom is 0.318 e. The van der Waals surface area contributed by atoms with Gasteiger partial charge in [0.25, 0.3) is 0 Å². The molecule has 0 saturated heterocycles. The van der Waals surface area contributed by atoms with Crippen LogP contribution in [0.5, 0.6) is 0 Å². The second-order valence-electron chi connectivity index (χ2n) is 5.14. The standard InChI is InChI=1S/C18H18N4O2/c1-20-18(24)22-16-4-2-3-15(11-16)21-17(23)10-9-13-5-7-14(12-19)8-6-13/h2-8,11H,9-10H2,1H3,(H,21,23)(H2,20,22,24). The highest BCUT2D eigenvalue weighted by molar-refractivity contribution is 5.93. The Morgan fingerprint density at radius 2 is 1.71 bits per heavy atom. The molecule has 6 heteroatoms. The van der Waals surface area contributed by atoms with Crippen LogP contribution in [0.25, 0.3) is 0 Å². The number of carbonyl (C=O) groups is 2. The van der Waals surface area contributed by atoms with Gasteiger partial charge in [-0.2, -0.15) is 5.26 Å². The highest BCUT2D eigenvalue weighted by Crippen LogP contribution is 2.15. The molecule has 6 nitrogen and oxygen atoms in total. The fraction of sp³-hybridized carbons (Fsp3) is 0.167. The average molecular weight is 322 g/mol. The van der Waals surface area contributed by atoms with Gasteiger partial charge in [-0.1, -0.05) is 18.2 Å². The van der Waals surface area contributed by atoms with Crippen molar-refractivity contribution in [3.63, 3.8) is 0 Å². The highest BCUT2D eigenvalue weighted by Gasteiger charge is 2.05. The Labute approximate surface area is 140 Å². The number of rotatable bonds is 5. The molecule has 2 aromatic carbocycles. The van der Waals surface area contributed by atoms with E-state index in [1.54, 1.807) is 36.4 Å². The van der Waals surface area contributed by atoms with E-state index < -0.39 is 0 Å². The molecule has 0 aliphatic rings. The molecule has 0 fully saturated rings. The van der Waals surface area contributed by atoms with Crippen LogP contribution in [0.2, 0.25) is 0 Å². The van der Waals surface area contributed by atoms with Crippen molar-refractivity contribution in [1.29, 1.82) is 5.26 Å². The number of nitrogens with one attached hydrogen (secondary N) is 3. The van der Waals surface area contributed by atoms with Crippen molar-refractivity contribution in [2.75, 3.05) is 17.7 Å². The number of hydrogen-bond donors (Lipinski definition) is 3. The van der Waals surface area contributed by atoms with Crippen molar-refractivity contribution >= 4 is 23.3 Å². The van der Waals surface area contributed by atoms with Crippen molar-refractivity contribution < 1.29 is 9.59 Å². The first kappa shape index (κ1) is 17.0. The number of hydrogen-bond acceptors (Lipinski definition) is 3. The zero-order chi connectivity index (χ0) is 17.4. The van der Waals surface area contributed by atoms with Crippen LogP contribution in [-0.2, 0) is 11.2 Å². The summed E-state index contributed by atoms with van der Waals surface area (Å²) in [6.07, 6.45) is 0.923. The molecule has 0 spiro atoms. The quantitative estimate of drug-likeness (QED) is 0.790. The number of carbonyl (C=O) groups excluding carboxylic acids is 2. The molecule has 0 bridgehead atoms. The summed E-state index contributed by atoms with van der Waals surface area (Å²) in [6.45, 7) is 0. The van der Waals surface area contributed by atoms with Gasteiger partial charge in [-0.25, -0.2) is 4.79 Å². The van der Waals surface area contributed by atoms with Crippen LogP contribution in [0.4, 0.5) is 16.2 Å². The smallest absolute Gasteiger partial charge is 0.318 e. The largest absolute Gasteiger partial charge is 0.341 e. The maximum absolute atomic E-state index is 12.0. The molecule has 0 aromatic heterocycles. The number of nitriles is 1. The number of urea groups is 1. The van der Waals surface area contributed by atoms with E-state index in [9.17, 15) is 9.59 Å². The second kappa shape index (κ2) is 8.34. The average Bonchev–Trinajstić information content (AvgIpc) is 2.60. The minimum absolute atomic E-state index is 0.114. The minimum atomic E-state index is -0.320. The van der Waals surface area contributed by atoms with Gasteiger partial charge >= 0.3 is 6.03 Å². The normalized spacial score (nSPS) is 9.67. The van der Waals surface area contributed by atoms with Gasteiger partial charge in [-0.05, 0) is 42.3 Å². The predicted molar refractivity (Wildman–Crippen MR) is 92.6 cm³/mol. The molecule has 2 rings (SSSR count). The first-order valence-electron chi connectivity index (χ1n) is 7.48. The van der Waals surface area contributed by atoms with Gasteiger partial charge in [0.15, 0.2) is 0 Å². The Kier molecular flexibility index (Phi) is 5.92. The molecule has 0 aliphatic heterocycles. The molecule has 0 unspecified atom stereocenters. The maximum atomic E-state index is 12.0. The van der Waals surface area contributed by atoms with Crippen molar-refractivity contribution in [3.05, 3.63) is 59.7 Å². The van der Waals surface area contributed by atoms with Crippen LogP contribution in [0.15, 0.2) is 48.5 Å².